The normalized spacial score (nSPS) is 11.9. The largest absolute Gasteiger partial charge is 0.357 e. The van der Waals surface area contributed by atoms with Gasteiger partial charge in [-0.3, -0.25) is 9.59 Å². The predicted octanol–water partition coefficient (Wildman–Crippen LogP) is 1.21. The molecule has 4 nitrogen and oxygen atoms in total. The number of likely N-dealkylation sites (N-methyl/N-ethyl adjacent to an activating group) is 1. The molecule has 0 unspecified atom stereocenters. The molecule has 0 aromatic heterocycles. The number of hydrogen-bond donors (Lipinski definition) is 2. The maximum absolute atomic E-state index is 11.3. The second kappa shape index (κ2) is 9.49. The summed E-state index contributed by atoms with van der Waals surface area (Å²) in [6.07, 6.45) is 7.09. The van der Waals surface area contributed by atoms with Crippen molar-refractivity contribution in [2.24, 2.45) is 0 Å². The Labute approximate surface area is 91.8 Å². The van der Waals surface area contributed by atoms with Crippen LogP contribution in [0.3, 0.4) is 0 Å². The van der Waals surface area contributed by atoms with Gasteiger partial charge < -0.3 is 10.6 Å². The Morgan fingerprint density at radius 2 is 1.93 bits per heavy atom. The Hall–Kier alpha value is -1.06. The van der Waals surface area contributed by atoms with Crippen molar-refractivity contribution in [2.45, 2.75) is 51.5 Å². The van der Waals surface area contributed by atoms with E-state index in [-0.39, 0.29) is 11.9 Å². The van der Waals surface area contributed by atoms with Gasteiger partial charge in [-0.25, -0.2) is 0 Å². The van der Waals surface area contributed by atoms with E-state index in [9.17, 15) is 9.59 Å². The van der Waals surface area contributed by atoms with Gasteiger partial charge in [0.2, 0.25) is 12.3 Å². The van der Waals surface area contributed by atoms with Crippen LogP contribution in [0.1, 0.15) is 45.4 Å². The summed E-state index contributed by atoms with van der Waals surface area (Å²) in [4.78, 5) is 21.6. The van der Waals surface area contributed by atoms with Gasteiger partial charge in [-0.1, -0.05) is 39.0 Å². The quantitative estimate of drug-likeness (QED) is 0.447. The van der Waals surface area contributed by atoms with E-state index >= 15 is 0 Å². The lowest BCUT2D eigenvalue weighted by Gasteiger charge is -2.13. The fourth-order valence-electron chi connectivity index (χ4n) is 1.50. The Bertz CT molecular complexity index is 183. The third-order valence-electron chi connectivity index (χ3n) is 2.43. The third kappa shape index (κ3) is 6.94. The smallest absolute Gasteiger partial charge is 0.242 e. The van der Waals surface area contributed by atoms with E-state index in [0.717, 1.165) is 19.3 Å². The average molecular weight is 214 g/mol. The highest BCUT2D eigenvalue weighted by atomic mass is 16.2. The van der Waals surface area contributed by atoms with E-state index < -0.39 is 0 Å². The molecule has 88 valence electrons. The molecule has 15 heavy (non-hydrogen) atoms. The first-order valence-electron chi connectivity index (χ1n) is 5.67. The molecule has 2 N–H and O–H groups in total. The molecule has 0 saturated carbocycles. The first-order valence-corrected chi connectivity index (χ1v) is 5.67. The highest BCUT2D eigenvalue weighted by Crippen LogP contribution is 2.07. The molecule has 0 rings (SSSR count). The lowest BCUT2D eigenvalue weighted by Crippen LogP contribution is -2.42. The minimum atomic E-state index is -0.367. The van der Waals surface area contributed by atoms with Gasteiger partial charge in [0.15, 0.2) is 0 Å². The fourth-order valence-corrected chi connectivity index (χ4v) is 1.50. The van der Waals surface area contributed by atoms with Crippen LogP contribution >= 0.6 is 0 Å². The fraction of sp³-hybridized carbons (Fsp3) is 0.818. The van der Waals surface area contributed by atoms with Crippen LogP contribution < -0.4 is 10.6 Å². The molecule has 0 heterocycles. The minimum Gasteiger partial charge on any atom is -0.357 e. The number of nitrogens with one attached hydrogen (secondary N) is 2. The van der Waals surface area contributed by atoms with Crippen LogP contribution in [0.4, 0.5) is 0 Å². The first kappa shape index (κ1) is 13.9. The van der Waals surface area contributed by atoms with Crippen molar-refractivity contribution in [3.63, 3.8) is 0 Å². The van der Waals surface area contributed by atoms with Crippen LogP contribution in [0.15, 0.2) is 0 Å². The van der Waals surface area contributed by atoms with Crippen LogP contribution in [0.5, 0.6) is 0 Å². The molecule has 0 aliphatic rings. The monoisotopic (exact) mass is 214 g/mol. The van der Waals surface area contributed by atoms with Crippen molar-refractivity contribution in [1.29, 1.82) is 0 Å². The van der Waals surface area contributed by atoms with Crippen molar-refractivity contribution in [2.75, 3.05) is 7.05 Å². The molecule has 0 aliphatic heterocycles. The van der Waals surface area contributed by atoms with Gasteiger partial charge in [-0.2, -0.15) is 0 Å². The van der Waals surface area contributed by atoms with Crippen molar-refractivity contribution in [3.8, 4) is 0 Å². The second-order valence-electron chi connectivity index (χ2n) is 3.65. The number of unbranched alkanes of at least 4 members (excludes halogenated alkanes) is 4. The average Bonchev–Trinajstić information content (AvgIpc) is 2.26. The molecular weight excluding hydrogens is 192 g/mol. The molecule has 2 amide bonds. The van der Waals surface area contributed by atoms with E-state index in [0.29, 0.717) is 6.41 Å². The number of rotatable bonds is 9. The van der Waals surface area contributed by atoms with E-state index in [1.54, 1.807) is 7.05 Å². The van der Waals surface area contributed by atoms with Gasteiger partial charge in [-0.15, -0.1) is 0 Å². The number of hydrogen-bond acceptors (Lipinski definition) is 2. The Morgan fingerprint density at radius 3 is 2.47 bits per heavy atom. The molecule has 0 aromatic carbocycles. The van der Waals surface area contributed by atoms with Gasteiger partial charge in [0.1, 0.15) is 6.04 Å². The van der Waals surface area contributed by atoms with Crippen molar-refractivity contribution >= 4 is 12.3 Å². The highest BCUT2D eigenvalue weighted by molar-refractivity contribution is 5.83. The first-order chi connectivity index (χ1) is 7.26. The van der Waals surface area contributed by atoms with Gasteiger partial charge in [0, 0.05) is 7.05 Å². The van der Waals surface area contributed by atoms with Gasteiger partial charge in [0.25, 0.3) is 0 Å². The number of carbonyl (C=O) groups excluding carboxylic acids is 2. The number of carbonyl (C=O) groups is 2. The zero-order chi connectivity index (χ0) is 11.5. The molecule has 0 saturated heterocycles. The maximum Gasteiger partial charge on any atom is 0.242 e. The van der Waals surface area contributed by atoms with Crippen LogP contribution in [0.25, 0.3) is 0 Å². The lowest BCUT2D eigenvalue weighted by atomic mass is 10.1. The molecular formula is C11H22N2O2. The third-order valence-corrected chi connectivity index (χ3v) is 2.43. The topological polar surface area (TPSA) is 58.2 Å². The van der Waals surface area contributed by atoms with Crippen molar-refractivity contribution in [3.05, 3.63) is 0 Å². The Kier molecular flexibility index (Phi) is 8.82. The molecule has 4 heteroatoms. The highest BCUT2D eigenvalue weighted by Gasteiger charge is 2.14. The summed E-state index contributed by atoms with van der Waals surface area (Å²) in [5.74, 6) is -0.113. The van der Waals surface area contributed by atoms with Crippen molar-refractivity contribution in [1.82, 2.24) is 10.6 Å². The van der Waals surface area contributed by atoms with Crippen LogP contribution in [-0.4, -0.2) is 25.4 Å². The number of amides is 2. The molecule has 0 spiro atoms. The zero-order valence-corrected chi connectivity index (χ0v) is 9.71. The molecule has 0 bridgehead atoms. The summed E-state index contributed by atoms with van der Waals surface area (Å²) < 4.78 is 0. The molecule has 1 atom stereocenters. The van der Waals surface area contributed by atoms with Gasteiger partial charge >= 0.3 is 0 Å². The summed E-state index contributed by atoms with van der Waals surface area (Å²) in [5, 5.41) is 5.07. The van der Waals surface area contributed by atoms with Crippen LogP contribution in [0, 0.1) is 0 Å². The zero-order valence-electron chi connectivity index (χ0n) is 9.71. The summed E-state index contributed by atoms with van der Waals surface area (Å²) >= 11 is 0. The second-order valence-corrected chi connectivity index (χ2v) is 3.65. The molecule has 0 aromatic rings. The van der Waals surface area contributed by atoms with Crippen LogP contribution in [-0.2, 0) is 9.59 Å². The summed E-state index contributed by atoms with van der Waals surface area (Å²) in [6.45, 7) is 2.17. The van der Waals surface area contributed by atoms with E-state index in [4.69, 9.17) is 0 Å². The summed E-state index contributed by atoms with van der Waals surface area (Å²) in [5.41, 5.74) is 0. The summed E-state index contributed by atoms with van der Waals surface area (Å²) in [6, 6.07) is -0.367. The molecule has 0 aliphatic carbocycles. The van der Waals surface area contributed by atoms with E-state index in [2.05, 4.69) is 17.6 Å². The predicted molar refractivity (Wildman–Crippen MR) is 60.4 cm³/mol. The Balaban J connectivity index is 3.66. The molecule has 0 fully saturated rings. The SMILES string of the molecule is CCCCCCC[C@H](NC=O)C(=O)NC. The molecule has 0 radical (unpaired) electrons. The maximum atomic E-state index is 11.3. The van der Waals surface area contributed by atoms with Gasteiger partial charge in [-0.05, 0) is 6.42 Å². The van der Waals surface area contributed by atoms with Gasteiger partial charge in [0.05, 0.1) is 0 Å². The Morgan fingerprint density at radius 1 is 1.27 bits per heavy atom. The van der Waals surface area contributed by atoms with Crippen molar-refractivity contribution < 1.29 is 9.59 Å². The summed E-state index contributed by atoms with van der Waals surface area (Å²) in [7, 11) is 1.58. The minimum absolute atomic E-state index is 0.113. The van der Waals surface area contributed by atoms with E-state index in [1.165, 1.54) is 19.3 Å². The van der Waals surface area contributed by atoms with Crippen LogP contribution in [0.2, 0.25) is 0 Å². The van der Waals surface area contributed by atoms with E-state index in [1.807, 2.05) is 0 Å². The lowest BCUT2D eigenvalue weighted by molar-refractivity contribution is -0.125. The standard InChI is InChI=1S/C11H22N2O2/c1-3-4-5-6-7-8-10(13-9-14)11(15)12-2/h9-10H,3-8H2,1-2H3,(H,12,15)(H,13,14)/t10-/m0/s1.